The Kier molecular flexibility index (Phi) is 6.93. The van der Waals surface area contributed by atoms with Gasteiger partial charge in [-0.05, 0) is 61.5 Å². The van der Waals surface area contributed by atoms with Crippen molar-refractivity contribution in [3.05, 3.63) is 72.5 Å². The maximum absolute atomic E-state index is 12.6. The summed E-state index contributed by atoms with van der Waals surface area (Å²) in [7, 11) is -3.80. The molecule has 1 heterocycles. The molecule has 0 fully saturated rings. The van der Waals surface area contributed by atoms with Gasteiger partial charge in [0.2, 0.25) is 12.3 Å². The Balaban J connectivity index is 1.57. The Bertz CT molecular complexity index is 1090. The molecule has 0 atom stereocenters. The molecule has 2 amide bonds. The zero-order valence-corrected chi connectivity index (χ0v) is 17.6. The monoisotopic (exact) mass is 441 g/mol. The minimum Gasteiger partial charge on any atom is -0.364 e. The largest absolute Gasteiger partial charge is 0.364 e. The first-order valence-corrected chi connectivity index (χ1v) is 10.9. The fourth-order valence-electron chi connectivity index (χ4n) is 2.78. The smallest absolute Gasteiger partial charge is 0.261 e. The first-order valence-electron chi connectivity index (χ1n) is 9.43. The number of hydrogen-bond acceptors (Lipinski definition) is 6. The molecule has 4 N–H and O–H groups in total. The van der Waals surface area contributed by atoms with E-state index < -0.39 is 10.0 Å². The van der Waals surface area contributed by atoms with Gasteiger partial charge in [-0.2, -0.15) is 0 Å². The molecule has 2 aromatic carbocycles. The van der Waals surface area contributed by atoms with Gasteiger partial charge in [0.15, 0.2) is 0 Å². The van der Waals surface area contributed by atoms with Crippen LogP contribution in [0.5, 0.6) is 0 Å². The van der Waals surface area contributed by atoms with E-state index in [-0.39, 0.29) is 17.3 Å². The molecule has 0 bridgehead atoms. The number of rotatable bonds is 9. The van der Waals surface area contributed by atoms with E-state index in [1.807, 2.05) is 30.2 Å². The van der Waals surface area contributed by atoms with Gasteiger partial charge >= 0.3 is 0 Å². The van der Waals surface area contributed by atoms with Crippen LogP contribution in [0.15, 0.2) is 77.4 Å². The van der Waals surface area contributed by atoms with Crippen molar-refractivity contribution in [1.82, 2.24) is 10.3 Å². The van der Waals surface area contributed by atoms with Gasteiger partial charge in [0.25, 0.3) is 10.0 Å². The zero-order chi connectivity index (χ0) is 22.3. The Morgan fingerprint density at radius 2 is 1.68 bits per heavy atom. The molecule has 31 heavy (non-hydrogen) atoms. The van der Waals surface area contributed by atoms with Crippen LogP contribution in [0.2, 0.25) is 0 Å². The van der Waals surface area contributed by atoms with Gasteiger partial charge in [0.05, 0.1) is 17.1 Å². The molecule has 0 aliphatic carbocycles. The van der Waals surface area contributed by atoms with Crippen molar-refractivity contribution < 1.29 is 18.0 Å². The van der Waals surface area contributed by atoms with E-state index in [9.17, 15) is 18.0 Å². The van der Waals surface area contributed by atoms with Gasteiger partial charge in [0.1, 0.15) is 0 Å². The number of nitrogens with one attached hydrogen (secondary N) is 4. The summed E-state index contributed by atoms with van der Waals surface area (Å²) in [6, 6.07) is 12.3. The van der Waals surface area contributed by atoms with Crippen LogP contribution in [0, 0.1) is 0 Å². The predicted molar refractivity (Wildman–Crippen MR) is 120 cm³/mol. The number of anilines is 3. The number of carbonyl (C=O) groups excluding carboxylic acids is 2. The number of carbonyl (C=O) groups is 2. The normalized spacial score (nSPS) is 13.2. The van der Waals surface area contributed by atoms with E-state index in [0.29, 0.717) is 30.0 Å². The second-order valence-electron chi connectivity index (χ2n) is 6.84. The molecule has 0 saturated heterocycles. The highest BCUT2D eigenvalue weighted by molar-refractivity contribution is 7.92. The van der Waals surface area contributed by atoms with Crippen molar-refractivity contribution in [3.63, 3.8) is 0 Å². The molecular weight excluding hydrogens is 418 g/mol. The Morgan fingerprint density at radius 3 is 2.29 bits per heavy atom. The Morgan fingerprint density at radius 1 is 1.03 bits per heavy atom. The summed E-state index contributed by atoms with van der Waals surface area (Å²) in [6.45, 7) is 2.87. The summed E-state index contributed by atoms with van der Waals surface area (Å²) in [4.78, 5) is 24.4. The number of amides is 2. The van der Waals surface area contributed by atoms with E-state index >= 15 is 0 Å². The lowest BCUT2D eigenvalue weighted by atomic mass is 10.2. The van der Waals surface area contributed by atoms with E-state index in [0.717, 1.165) is 5.57 Å². The van der Waals surface area contributed by atoms with Crippen LogP contribution in [0.1, 0.15) is 6.92 Å². The van der Waals surface area contributed by atoms with Crippen molar-refractivity contribution in [3.8, 4) is 0 Å². The average Bonchev–Trinajstić information content (AvgIpc) is 2.75. The lowest BCUT2D eigenvalue weighted by molar-refractivity contribution is -0.116. The molecule has 2 aromatic rings. The van der Waals surface area contributed by atoms with E-state index in [1.165, 1.54) is 12.1 Å². The lowest BCUT2D eigenvalue weighted by Gasteiger charge is -2.21. The van der Waals surface area contributed by atoms with Gasteiger partial charge < -0.3 is 10.2 Å². The third-order valence-corrected chi connectivity index (χ3v) is 5.80. The van der Waals surface area contributed by atoms with Crippen molar-refractivity contribution >= 4 is 39.4 Å². The van der Waals surface area contributed by atoms with Crippen LogP contribution >= 0.6 is 0 Å². The molecule has 162 valence electrons. The topological polar surface area (TPSA) is 120 Å². The summed E-state index contributed by atoms with van der Waals surface area (Å²) in [6.07, 6.45) is 6.34. The van der Waals surface area contributed by atoms with Crippen LogP contribution < -0.4 is 20.9 Å². The second-order valence-corrected chi connectivity index (χ2v) is 8.52. The number of benzene rings is 2. The third kappa shape index (κ3) is 6.34. The summed E-state index contributed by atoms with van der Waals surface area (Å²) >= 11 is 0. The first kappa shape index (κ1) is 21.9. The van der Waals surface area contributed by atoms with Gasteiger partial charge in [-0.25, -0.2) is 8.42 Å². The maximum atomic E-state index is 12.6. The molecule has 3 rings (SSSR count). The number of hydrazine groups is 1. The number of sulfonamides is 1. The average molecular weight is 442 g/mol. The fraction of sp³-hybridized carbons (Fsp3) is 0.143. The predicted octanol–water partition coefficient (Wildman–Crippen LogP) is 2.27. The van der Waals surface area contributed by atoms with Gasteiger partial charge in [-0.3, -0.25) is 25.2 Å². The molecule has 9 nitrogen and oxygen atoms in total. The molecule has 0 unspecified atom stereocenters. The van der Waals surface area contributed by atoms with E-state index in [1.54, 1.807) is 36.4 Å². The Labute approximate surface area is 180 Å². The second kappa shape index (κ2) is 9.81. The van der Waals surface area contributed by atoms with Crippen molar-refractivity contribution in [2.24, 2.45) is 0 Å². The van der Waals surface area contributed by atoms with Crippen LogP contribution in [0.3, 0.4) is 0 Å². The highest BCUT2D eigenvalue weighted by atomic mass is 32.2. The molecule has 10 heteroatoms. The number of nitrogens with zero attached hydrogens (tertiary/aromatic N) is 1. The summed E-state index contributed by atoms with van der Waals surface area (Å²) < 4.78 is 27.7. The van der Waals surface area contributed by atoms with Gasteiger partial charge in [-0.1, -0.05) is 11.6 Å². The third-order valence-electron chi connectivity index (χ3n) is 4.40. The van der Waals surface area contributed by atoms with E-state index in [4.69, 9.17) is 0 Å². The number of hydrogen-bond donors (Lipinski definition) is 4. The molecular formula is C21H23N5O4S. The number of allylic oxidation sites excluding steroid dienone is 2. The molecule has 1 aliphatic rings. The Hall–Kier alpha value is -3.79. The maximum Gasteiger partial charge on any atom is 0.261 e. The lowest BCUT2D eigenvalue weighted by Crippen LogP contribution is -2.30. The van der Waals surface area contributed by atoms with Crippen molar-refractivity contribution in [1.29, 1.82) is 0 Å². The summed E-state index contributed by atoms with van der Waals surface area (Å²) in [5.41, 5.74) is 7.55. The SMILES string of the molecule is CC1=CCN(CC(=O)Nc2ccc(S(=O)(=O)Nc3ccc(NNC=O)cc3)cc2)C=C1. The van der Waals surface area contributed by atoms with Crippen LogP contribution in [0.4, 0.5) is 17.1 Å². The molecule has 1 aliphatic heterocycles. The molecule has 0 spiro atoms. The van der Waals surface area contributed by atoms with E-state index in [2.05, 4.69) is 20.9 Å². The van der Waals surface area contributed by atoms with Crippen molar-refractivity contribution in [2.45, 2.75) is 11.8 Å². The minimum absolute atomic E-state index is 0.0647. The molecule has 0 saturated carbocycles. The summed E-state index contributed by atoms with van der Waals surface area (Å²) in [5.74, 6) is -0.191. The van der Waals surface area contributed by atoms with Gasteiger partial charge in [-0.15, -0.1) is 0 Å². The van der Waals surface area contributed by atoms with Crippen LogP contribution in [-0.2, 0) is 19.6 Å². The molecule has 0 aromatic heterocycles. The van der Waals surface area contributed by atoms with Crippen molar-refractivity contribution in [2.75, 3.05) is 28.6 Å². The first-order chi connectivity index (χ1) is 14.9. The van der Waals surface area contributed by atoms with Crippen LogP contribution in [-0.4, -0.2) is 38.7 Å². The fourth-order valence-corrected chi connectivity index (χ4v) is 3.84. The minimum atomic E-state index is -3.80. The molecule has 0 radical (unpaired) electrons. The highest BCUT2D eigenvalue weighted by Crippen LogP contribution is 2.20. The van der Waals surface area contributed by atoms with Gasteiger partial charge in [0, 0.05) is 24.1 Å². The quantitative estimate of drug-likeness (QED) is 0.350. The zero-order valence-electron chi connectivity index (χ0n) is 16.8. The highest BCUT2D eigenvalue weighted by Gasteiger charge is 2.15. The standard InChI is InChI=1S/C21H23N5O4S/c1-16-10-12-26(13-11-16)14-21(28)23-17-6-8-20(9-7-17)31(29,30)25-19-4-2-18(3-5-19)24-22-15-27/h2-12,15,24-25H,13-14H2,1H3,(H,22,27)(H,23,28). The summed E-state index contributed by atoms with van der Waals surface area (Å²) in [5, 5.41) is 2.76. The van der Waals surface area contributed by atoms with Crippen LogP contribution in [0.25, 0.3) is 0 Å².